The number of alkyl halides is 3. The number of rotatable bonds is 2. The third kappa shape index (κ3) is 2.83. The third-order valence-corrected chi connectivity index (χ3v) is 6.23. The number of allylic oxidation sites excluding steroid dienone is 1. The van der Waals surface area contributed by atoms with E-state index >= 15 is 0 Å². The van der Waals surface area contributed by atoms with Crippen molar-refractivity contribution >= 4 is 23.0 Å². The first-order valence-electron chi connectivity index (χ1n) is 10.1. The van der Waals surface area contributed by atoms with Gasteiger partial charge < -0.3 is 9.80 Å². The molecule has 0 fully saturated rings. The van der Waals surface area contributed by atoms with Crippen molar-refractivity contribution in [3.63, 3.8) is 0 Å². The van der Waals surface area contributed by atoms with E-state index in [4.69, 9.17) is 0 Å². The molecule has 2 aromatic carbocycles. The standard InChI is InChI=1S/C24H21F3N4/c1-4-16-15(3)23-30(18-11-7-5-9-14(18)2)22-21(28-13-20(29-22)24(25,26)27)31(23)19-12-8-6-10-17(16)19/h4-13,15-16,23H,1H2,2-3H3. The summed E-state index contributed by atoms with van der Waals surface area (Å²) in [7, 11) is 0. The van der Waals surface area contributed by atoms with Gasteiger partial charge in [0.15, 0.2) is 17.3 Å². The quantitative estimate of drug-likeness (QED) is 0.451. The fourth-order valence-electron chi connectivity index (χ4n) is 4.82. The van der Waals surface area contributed by atoms with Crippen molar-refractivity contribution in [1.82, 2.24) is 9.97 Å². The molecule has 7 heteroatoms. The van der Waals surface area contributed by atoms with Crippen LogP contribution in [0.1, 0.15) is 29.7 Å². The number of halogens is 3. The highest BCUT2D eigenvalue weighted by Gasteiger charge is 2.50. The van der Waals surface area contributed by atoms with E-state index in [1.807, 2.05) is 71.3 Å². The monoisotopic (exact) mass is 422 g/mol. The number of benzene rings is 2. The minimum Gasteiger partial charge on any atom is -0.301 e. The molecule has 5 rings (SSSR count). The molecule has 158 valence electrons. The Labute approximate surface area is 178 Å². The van der Waals surface area contributed by atoms with Crippen molar-refractivity contribution in [1.29, 1.82) is 0 Å². The maximum absolute atomic E-state index is 13.5. The Morgan fingerprint density at radius 3 is 2.29 bits per heavy atom. The van der Waals surface area contributed by atoms with Crippen LogP contribution in [0.5, 0.6) is 0 Å². The van der Waals surface area contributed by atoms with Crippen LogP contribution in [0.2, 0.25) is 0 Å². The SMILES string of the molecule is C=CC1c2ccccc2N2c3ncc(C(F)(F)F)nc3N(c3ccccc3C)C2C1C. The Balaban J connectivity index is 1.81. The summed E-state index contributed by atoms with van der Waals surface area (Å²) in [6, 6.07) is 15.6. The highest BCUT2D eigenvalue weighted by molar-refractivity contribution is 5.86. The Kier molecular flexibility index (Phi) is 4.32. The van der Waals surface area contributed by atoms with E-state index in [2.05, 4.69) is 23.5 Å². The normalized spacial score (nSPS) is 22.0. The average Bonchev–Trinajstić information content (AvgIpc) is 3.09. The van der Waals surface area contributed by atoms with E-state index in [1.165, 1.54) is 0 Å². The van der Waals surface area contributed by atoms with Crippen LogP contribution in [-0.4, -0.2) is 16.1 Å². The summed E-state index contributed by atoms with van der Waals surface area (Å²) in [6.07, 6.45) is -2.11. The molecule has 0 bridgehead atoms. The number of nitrogens with zero attached hydrogens (tertiary/aromatic N) is 4. The van der Waals surface area contributed by atoms with Crippen LogP contribution in [0.25, 0.3) is 0 Å². The molecule has 1 aromatic heterocycles. The molecule has 2 aliphatic rings. The molecule has 2 aliphatic heterocycles. The number of hydrogen-bond donors (Lipinski definition) is 0. The molecule has 3 unspecified atom stereocenters. The van der Waals surface area contributed by atoms with Crippen LogP contribution in [0.3, 0.4) is 0 Å². The lowest BCUT2D eigenvalue weighted by Gasteiger charge is -2.44. The lowest BCUT2D eigenvalue weighted by molar-refractivity contribution is -0.141. The molecule has 0 spiro atoms. The molecule has 31 heavy (non-hydrogen) atoms. The molecule has 0 radical (unpaired) electrons. The smallest absolute Gasteiger partial charge is 0.301 e. The van der Waals surface area contributed by atoms with Gasteiger partial charge >= 0.3 is 6.18 Å². The largest absolute Gasteiger partial charge is 0.434 e. The van der Waals surface area contributed by atoms with Crippen LogP contribution >= 0.6 is 0 Å². The summed E-state index contributed by atoms with van der Waals surface area (Å²) in [5.41, 5.74) is 2.78. The van der Waals surface area contributed by atoms with Gasteiger partial charge in [-0.15, -0.1) is 6.58 Å². The van der Waals surface area contributed by atoms with Crippen LogP contribution in [-0.2, 0) is 6.18 Å². The van der Waals surface area contributed by atoms with Crippen molar-refractivity contribution in [2.45, 2.75) is 32.1 Å². The van der Waals surface area contributed by atoms with E-state index in [0.29, 0.717) is 5.82 Å². The molecule has 0 saturated heterocycles. The predicted octanol–water partition coefficient (Wildman–Crippen LogP) is 6.34. The van der Waals surface area contributed by atoms with Crippen molar-refractivity contribution in [2.24, 2.45) is 5.92 Å². The van der Waals surface area contributed by atoms with Crippen LogP contribution in [0.4, 0.5) is 36.2 Å². The Bertz CT molecular complexity index is 1170. The number of hydrogen-bond acceptors (Lipinski definition) is 4. The van der Waals surface area contributed by atoms with Gasteiger partial charge in [0.2, 0.25) is 0 Å². The summed E-state index contributed by atoms with van der Waals surface area (Å²) in [5.74, 6) is 0.723. The van der Waals surface area contributed by atoms with E-state index in [9.17, 15) is 13.2 Å². The second-order valence-electron chi connectivity index (χ2n) is 8.02. The number of fused-ring (bicyclic) bond motifs is 5. The minimum absolute atomic E-state index is 0.0253. The molecule has 0 saturated carbocycles. The fourth-order valence-corrected chi connectivity index (χ4v) is 4.82. The maximum atomic E-state index is 13.5. The topological polar surface area (TPSA) is 32.3 Å². The second-order valence-corrected chi connectivity index (χ2v) is 8.02. The van der Waals surface area contributed by atoms with Crippen LogP contribution < -0.4 is 9.80 Å². The lowest BCUT2D eigenvalue weighted by Crippen LogP contribution is -2.48. The van der Waals surface area contributed by atoms with E-state index in [-0.39, 0.29) is 23.8 Å². The molecule has 3 atom stereocenters. The van der Waals surface area contributed by atoms with E-state index in [0.717, 1.165) is 28.7 Å². The first-order valence-corrected chi connectivity index (χ1v) is 10.1. The zero-order valence-electron chi connectivity index (χ0n) is 17.1. The molecule has 3 aromatic rings. The van der Waals surface area contributed by atoms with Gasteiger partial charge in [-0.05, 0) is 30.2 Å². The first-order chi connectivity index (χ1) is 14.8. The Morgan fingerprint density at radius 1 is 0.968 bits per heavy atom. The van der Waals surface area contributed by atoms with E-state index < -0.39 is 11.9 Å². The second kappa shape index (κ2) is 6.83. The number of para-hydroxylation sites is 2. The summed E-state index contributed by atoms with van der Waals surface area (Å²) >= 11 is 0. The zero-order chi connectivity index (χ0) is 21.9. The molecule has 0 aliphatic carbocycles. The number of aromatic nitrogens is 2. The molecular weight excluding hydrogens is 401 g/mol. The van der Waals surface area contributed by atoms with Crippen LogP contribution in [0, 0.1) is 12.8 Å². The van der Waals surface area contributed by atoms with Crippen LogP contribution in [0.15, 0.2) is 67.4 Å². The van der Waals surface area contributed by atoms with Gasteiger partial charge in [0.05, 0.1) is 6.20 Å². The summed E-state index contributed by atoms with van der Waals surface area (Å²) < 4.78 is 40.6. The summed E-state index contributed by atoms with van der Waals surface area (Å²) in [6.45, 7) is 8.09. The predicted molar refractivity (Wildman–Crippen MR) is 115 cm³/mol. The van der Waals surface area contributed by atoms with Gasteiger partial charge in [0.25, 0.3) is 0 Å². The molecule has 0 amide bonds. The van der Waals surface area contributed by atoms with Gasteiger partial charge in [0, 0.05) is 23.2 Å². The van der Waals surface area contributed by atoms with Gasteiger partial charge in [-0.1, -0.05) is 49.4 Å². The Morgan fingerprint density at radius 2 is 1.61 bits per heavy atom. The lowest BCUT2D eigenvalue weighted by atomic mass is 9.80. The maximum Gasteiger partial charge on any atom is 0.434 e. The van der Waals surface area contributed by atoms with Crippen molar-refractivity contribution < 1.29 is 13.2 Å². The number of anilines is 4. The zero-order valence-corrected chi connectivity index (χ0v) is 17.1. The fraction of sp³-hybridized carbons (Fsp3) is 0.250. The average molecular weight is 422 g/mol. The highest BCUT2D eigenvalue weighted by Crippen LogP contribution is 2.55. The Hall–Kier alpha value is -3.35. The first kappa shape index (κ1) is 19.6. The summed E-state index contributed by atoms with van der Waals surface area (Å²) in [4.78, 5) is 12.3. The minimum atomic E-state index is -4.57. The summed E-state index contributed by atoms with van der Waals surface area (Å²) in [5, 5.41) is 0. The molecule has 0 N–H and O–H groups in total. The van der Waals surface area contributed by atoms with E-state index in [1.54, 1.807) is 0 Å². The molecule has 3 heterocycles. The molecular formula is C24H21F3N4. The van der Waals surface area contributed by atoms with Crippen molar-refractivity contribution in [2.75, 3.05) is 9.80 Å². The van der Waals surface area contributed by atoms with Gasteiger partial charge in [-0.25, -0.2) is 9.97 Å². The third-order valence-electron chi connectivity index (χ3n) is 6.23. The van der Waals surface area contributed by atoms with Crippen molar-refractivity contribution in [3.05, 3.63) is 84.2 Å². The molecule has 4 nitrogen and oxygen atoms in total. The van der Waals surface area contributed by atoms with Crippen molar-refractivity contribution in [3.8, 4) is 0 Å². The van der Waals surface area contributed by atoms with Gasteiger partial charge in [0.1, 0.15) is 6.17 Å². The van der Waals surface area contributed by atoms with Gasteiger partial charge in [-0.3, -0.25) is 0 Å². The highest BCUT2D eigenvalue weighted by atomic mass is 19.4. The number of aryl methyl sites for hydroxylation is 1. The van der Waals surface area contributed by atoms with Gasteiger partial charge in [-0.2, -0.15) is 13.2 Å².